The van der Waals surface area contributed by atoms with Gasteiger partial charge in [-0.05, 0) is 106 Å². The Morgan fingerprint density at radius 1 is 0.667 bits per heavy atom. The van der Waals surface area contributed by atoms with Gasteiger partial charge < -0.3 is 10.1 Å². The molecule has 391 valence electrons. The number of hydrogen-bond acceptors (Lipinski definition) is 5. The number of benzene rings is 6. The van der Waals surface area contributed by atoms with Crippen molar-refractivity contribution in [2.45, 2.75) is 122 Å². The molecular formula is C69H76IrN2O2S-2. The number of pyridine rings is 2. The smallest absolute Gasteiger partial charge is 0.162 e. The van der Waals surface area contributed by atoms with Crippen LogP contribution in [-0.2, 0) is 37.6 Å². The molecule has 0 aliphatic heterocycles. The zero-order chi connectivity index (χ0) is 56.7. The van der Waals surface area contributed by atoms with Crippen molar-refractivity contribution in [3.63, 3.8) is 0 Å². The second-order valence-electron chi connectivity index (χ2n) is 20.7. The Labute approximate surface area is 471 Å². The first kappa shape index (κ1) is 52.4. The number of nitrogens with zero attached hydrogens (tertiary/aromatic N) is 2. The Hall–Kier alpha value is -6.04. The zero-order valence-corrected chi connectivity index (χ0v) is 49.1. The van der Waals surface area contributed by atoms with Gasteiger partial charge in [0.25, 0.3) is 0 Å². The van der Waals surface area contributed by atoms with Crippen molar-refractivity contribution in [3.8, 4) is 44.8 Å². The Morgan fingerprint density at radius 3 is 1.89 bits per heavy atom. The van der Waals surface area contributed by atoms with Gasteiger partial charge in [0.1, 0.15) is 0 Å². The number of aromatic nitrogens is 2. The number of ketones is 1. The van der Waals surface area contributed by atoms with Crippen LogP contribution in [0.5, 0.6) is 0 Å². The van der Waals surface area contributed by atoms with Crippen LogP contribution in [0.4, 0.5) is 0 Å². The van der Waals surface area contributed by atoms with Gasteiger partial charge in [-0.1, -0.05) is 185 Å². The van der Waals surface area contributed by atoms with Crippen LogP contribution in [0.25, 0.3) is 75.7 Å². The van der Waals surface area contributed by atoms with E-state index < -0.39 is 18.2 Å². The molecule has 3 aromatic heterocycles. The molecule has 6 aromatic carbocycles. The van der Waals surface area contributed by atoms with E-state index in [0.717, 1.165) is 107 Å². The van der Waals surface area contributed by atoms with Gasteiger partial charge in [0.05, 0.1) is 5.76 Å². The molecule has 0 unspecified atom stereocenters. The van der Waals surface area contributed by atoms with Crippen LogP contribution >= 0.6 is 11.3 Å². The van der Waals surface area contributed by atoms with Gasteiger partial charge in [0.2, 0.25) is 0 Å². The largest absolute Gasteiger partial charge is 0.512 e. The predicted molar refractivity (Wildman–Crippen MR) is 318 cm³/mol. The number of aryl methyl sites for hydroxylation is 3. The molecule has 9 aromatic rings. The second kappa shape index (κ2) is 26.6. The van der Waals surface area contributed by atoms with E-state index in [9.17, 15) is 9.90 Å². The number of hydrogen-bond donors (Lipinski definition) is 1. The number of allylic oxidation sites excluding steroid dienone is 2. The molecular weight excluding hydrogens is 1110 g/mol. The normalized spacial score (nSPS) is 12.9. The summed E-state index contributed by atoms with van der Waals surface area (Å²) in [6.45, 7) is 24.0. The topological polar surface area (TPSA) is 63.1 Å². The summed E-state index contributed by atoms with van der Waals surface area (Å²) in [6, 6.07) is 50.2. The van der Waals surface area contributed by atoms with E-state index in [1.54, 1.807) is 11.3 Å². The van der Waals surface area contributed by atoms with Crippen LogP contribution in [0.3, 0.4) is 0 Å². The molecule has 6 heteroatoms. The van der Waals surface area contributed by atoms with Gasteiger partial charge in [-0.2, -0.15) is 0 Å². The monoisotopic (exact) mass is 1190 g/mol. The third-order valence-electron chi connectivity index (χ3n) is 13.3. The summed E-state index contributed by atoms with van der Waals surface area (Å²) in [6.07, 6.45) is 5.84. The van der Waals surface area contributed by atoms with E-state index in [1.165, 1.54) is 22.6 Å². The Bertz CT molecular complexity index is 3530. The average Bonchev–Trinajstić information content (AvgIpc) is 3.95. The number of rotatable bonds is 14. The van der Waals surface area contributed by atoms with Gasteiger partial charge in [-0.3, -0.25) is 9.78 Å². The first-order chi connectivity index (χ1) is 37.0. The van der Waals surface area contributed by atoms with Gasteiger partial charge in [0.15, 0.2) is 5.78 Å². The van der Waals surface area contributed by atoms with Gasteiger partial charge in [-0.15, -0.1) is 75.4 Å². The molecule has 0 aliphatic rings. The molecule has 4 nitrogen and oxygen atoms in total. The predicted octanol–water partition coefficient (Wildman–Crippen LogP) is 19.5. The summed E-state index contributed by atoms with van der Waals surface area (Å²) in [7, 11) is 0. The van der Waals surface area contributed by atoms with Crippen molar-refractivity contribution in [1.82, 2.24) is 9.97 Å². The number of aliphatic hydroxyl groups is 1. The number of carbonyl (C=O) groups is 1. The van der Waals surface area contributed by atoms with Crippen molar-refractivity contribution in [3.05, 3.63) is 192 Å². The maximum atomic E-state index is 11.7. The molecule has 0 spiro atoms. The van der Waals surface area contributed by atoms with Crippen molar-refractivity contribution >= 4 is 48.1 Å². The number of aliphatic hydroxyl groups excluding tert-OH is 1. The van der Waals surface area contributed by atoms with Crippen molar-refractivity contribution in [2.75, 3.05) is 0 Å². The first-order valence-electron chi connectivity index (χ1n) is 28.4. The van der Waals surface area contributed by atoms with Crippen LogP contribution in [0.2, 0.25) is 0 Å². The van der Waals surface area contributed by atoms with E-state index in [0.29, 0.717) is 5.56 Å². The van der Waals surface area contributed by atoms with E-state index in [1.807, 2.05) is 129 Å². The molecule has 0 amide bonds. The maximum Gasteiger partial charge on any atom is 0.162 e. The summed E-state index contributed by atoms with van der Waals surface area (Å²) in [5.74, 6) is 0.438. The fourth-order valence-corrected chi connectivity index (χ4v) is 10.8. The number of fused-ring (bicyclic) bond motifs is 4. The van der Waals surface area contributed by atoms with E-state index in [2.05, 4.69) is 111 Å². The third kappa shape index (κ3) is 15.1. The quantitative estimate of drug-likeness (QED) is 0.0669. The minimum Gasteiger partial charge on any atom is -0.512 e. The van der Waals surface area contributed by atoms with E-state index in [-0.39, 0.29) is 49.4 Å². The molecule has 0 fully saturated rings. The van der Waals surface area contributed by atoms with Crippen LogP contribution in [-0.4, -0.2) is 20.9 Å². The molecule has 0 aliphatic carbocycles. The SMILES string of the molecule is CCC(CC)C(=O)/C=C(\O)C(CC)CC.[2H]C([2H])(c1ccc(-c2ccc(-c3ccnc(-c4[c-]c(C)cc(C)c4)c3)cc2)cc1)C(C)(C)C.[2H]C([2H])(c1cccc2c1sc1c(-c3[c-]c4ccccc4c(C)c3)nccc12)C(C)C.[Ir]. The Balaban J connectivity index is 0.000000203. The van der Waals surface area contributed by atoms with Crippen molar-refractivity contribution < 1.29 is 35.5 Å². The number of carbonyl (C=O) groups excluding carboxylic acids is 1. The fraction of sp³-hybridized carbons (Fsp3) is 0.319. The standard InChI is InChI=1S/C30H30N.C26H22NS.C13H24O2.Ir/c1-21-16-22(2)18-28(17-21)29-19-27(14-15-31-29)26-12-10-25(11-13-26)24-8-6-23(7-9-24)20-30(3,4)5;1-16(2)13-19-8-6-10-22-23-11-12-27-24(26(23)28-25(19)22)20-14-17(3)21-9-5-4-7-18(21)15-20;1-5-10(6-2)12(14)9-13(15)11(7-3)8-4;/h6-17,19H,20H2,1-5H3;4-12,14,16H,13H2,1-3H3;9-11,14H,5-8H2,1-4H3;/q2*-1;;/b;;12-9-;/i20D2;13D2;;. The van der Waals surface area contributed by atoms with Crippen LogP contribution in [0.1, 0.15) is 121 Å². The van der Waals surface area contributed by atoms with E-state index in [4.69, 9.17) is 10.5 Å². The third-order valence-corrected chi connectivity index (χ3v) is 14.6. The second-order valence-corrected chi connectivity index (χ2v) is 21.8. The molecule has 75 heavy (non-hydrogen) atoms. The summed E-state index contributed by atoms with van der Waals surface area (Å²) in [5, 5.41) is 14.3. The fourth-order valence-electron chi connectivity index (χ4n) is 9.48. The maximum absolute atomic E-state index is 11.7. The molecule has 1 N–H and O–H groups in total. The Morgan fingerprint density at radius 2 is 1.27 bits per heavy atom. The molecule has 0 bridgehead atoms. The average molecular weight is 1190 g/mol. The molecule has 0 saturated heterocycles. The molecule has 9 rings (SSSR count). The summed E-state index contributed by atoms with van der Waals surface area (Å²) in [4.78, 5) is 21.0. The van der Waals surface area contributed by atoms with Gasteiger partial charge >= 0.3 is 0 Å². The summed E-state index contributed by atoms with van der Waals surface area (Å²) < 4.78 is 36.4. The van der Waals surface area contributed by atoms with Crippen LogP contribution in [0, 0.1) is 56.1 Å². The number of thiophene rings is 1. The van der Waals surface area contributed by atoms with Crippen LogP contribution < -0.4 is 0 Å². The zero-order valence-electron chi connectivity index (χ0n) is 49.9. The molecule has 3 heterocycles. The van der Waals surface area contributed by atoms with Gasteiger partial charge in [-0.25, -0.2) is 0 Å². The molecule has 0 saturated carbocycles. The molecule has 1 radical (unpaired) electrons. The van der Waals surface area contributed by atoms with E-state index >= 15 is 0 Å². The first-order valence-corrected chi connectivity index (χ1v) is 27.2. The Kier molecular flexibility index (Phi) is 18.6. The summed E-state index contributed by atoms with van der Waals surface area (Å²) in [5.41, 5.74) is 12.8. The van der Waals surface area contributed by atoms with Crippen LogP contribution in [0.15, 0.2) is 152 Å². The van der Waals surface area contributed by atoms with Gasteiger partial charge in [0, 0.05) is 76.4 Å². The minimum absolute atomic E-state index is 0. The molecule has 0 atom stereocenters. The minimum atomic E-state index is -1.39. The summed E-state index contributed by atoms with van der Waals surface area (Å²) >= 11 is 1.64. The van der Waals surface area contributed by atoms with Crippen molar-refractivity contribution in [1.29, 1.82) is 0 Å². The van der Waals surface area contributed by atoms with Crippen molar-refractivity contribution in [2.24, 2.45) is 23.2 Å².